The molecule has 0 saturated heterocycles. The van der Waals surface area contributed by atoms with Crippen molar-refractivity contribution in [3.05, 3.63) is 48.9 Å². The molecule has 0 bridgehead atoms. The number of anilines is 1. The fraction of sp³-hybridized carbons (Fsp3) is 0.188. The Bertz CT molecular complexity index is 695. The number of nitrogens with two attached hydrogens (primary N) is 1. The highest BCUT2D eigenvalue weighted by atomic mass is 14.8. The Labute approximate surface area is 118 Å². The topological polar surface area (TPSA) is 64.7 Å². The van der Waals surface area contributed by atoms with Gasteiger partial charge < -0.3 is 5.73 Å². The van der Waals surface area contributed by atoms with Crippen molar-refractivity contribution in [2.24, 2.45) is 0 Å². The maximum absolute atomic E-state index is 5.67. The third kappa shape index (κ3) is 3.29. The number of nitrogen functional groups attached to an aromatic ring is 1. The molecule has 0 aliphatic heterocycles. The van der Waals surface area contributed by atoms with Crippen molar-refractivity contribution in [1.82, 2.24) is 15.0 Å². The molecule has 0 amide bonds. The lowest BCUT2D eigenvalue weighted by atomic mass is 10.1. The second-order valence-electron chi connectivity index (χ2n) is 4.44. The summed E-state index contributed by atoms with van der Waals surface area (Å²) < 4.78 is 0. The number of nitrogens with zero attached hydrogens (tertiary/aromatic N) is 3. The summed E-state index contributed by atoms with van der Waals surface area (Å²) in [6.07, 6.45) is 6.32. The van der Waals surface area contributed by atoms with Gasteiger partial charge in [0.05, 0.1) is 11.0 Å². The SMILES string of the molecule is CCC.Nc1cc(-c2ccc3nccnc3c2)ccn1. The van der Waals surface area contributed by atoms with Gasteiger partial charge in [-0.3, -0.25) is 9.97 Å². The number of fused-ring (bicyclic) bond motifs is 1. The molecule has 2 N–H and O–H groups in total. The lowest BCUT2D eigenvalue weighted by Crippen LogP contribution is -1.90. The normalized spacial score (nSPS) is 9.90. The second-order valence-corrected chi connectivity index (χ2v) is 4.44. The molecule has 0 aliphatic rings. The second kappa shape index (κ2) is 6.61. The van der Waals surface area contributed by atoms with Crippen LogP contribution in [0.4, 0.5) is 5.82 Å². The molecule has 0 spiro atoms. The summed E-state index contributed by atoms with van der Waals surface area (Å²) in [6, 6.07) is 9.72. The van der Waals surface area contributed by atoms with Gasteiger partial charge in [0.25, 0.3) is 0 Å². The Hall–Kier alpha value is -2.49. The van der Waals surface area contributed by atoms with Crippen LogP contribution in [0.25, 0.3) is 22.2 Å². The van der Waals surface area contributed by atoms with E-state index in [1.165, 1.54) is 6.42 Å². The third-order valence-electron chi connectivity index (χ3n) is 2.58. The Morgan fingerprint density at radius 2 is 1.45 bits per heavy atom. The quantitative estimate of drug-likeness (QED) is 0.729. The monoisotopic (exact) mass is 266 g/mol. The molecule has 4 nitrogen and oxygen atoms in total. The minimum Gasteiger partial charge on any atom is -0.384 e. The van der Waals surface area contributed by atoms with E-state index in [9.17, 15) is 0 Å². The van der Waals surface area contributed by atoms with E-state index < -0.39 is 0 Å². The van der Waals surface area contributed by atoms with Crippen molar-refractivity contribution >= 4 is 16.9 Å². The first-order valence-electron chi connectivity index (χ1n) is 6.67. The smallest absolute Gasteiger partial charge is 0.123 e. The zero-order valence-electron chi connectivity index (χ0n) is 11.7. The van der Waals surface area contributed by atoms with Crippen molar-refractivity contribution < 1.29 is 0 Å². The van der Waals surface area contributed by atoms with Crippen molar-refractivity contribution in [3.8, 4) is 11.1 Å². The average molecular weight is 266 g/mol. The molecule has 0 radical (unpaired) electrons. The van der Waals surface area contributed by atoms with Crippen molar-refractivity contribution in [3.63, 3.8) is 0 Å². The van der Waals surface area contributed by atoms with E-state index in [-0.39, 0.29) is 0 Å². The summed E-state index contributed by atoms with van der Waals surface area (Å²) in [5.74, 6) is 0.516. The van der Waals surface area contributed by atoms with E-state index in [4.69, 9.17) is 5.73 Å². The summed E-state index contributed by atoms with van der Waals surface area (Å²) in [5, 5.41) is 0. The summed E-state index contributed by atoms with van der Waals surface area (Å²) in [4.78, 5) is 12.5. The summed E-state index contributed by atoms with van der Waals surface area (Å²) in [6.45, 7) is 4.25. The van der Waals surface area contributed by atoms with Crippen LogP contribution in [-0.2, 0) is 0 Å². The van der Waals surface area contributed by atoms with Crippen LogP contribution in [0.1, 0.15) is 20.3 Å². The van der Waals surface area contributed by atoms with Crippen molar-refractivity contribution in [2.75, 3.05) is 5.73 Å². The number of rotatable bonds is 1. The van der Waals surface area contributed by atoms with Gasteiger partial charge in [0, 0.05) is 18.6 Å². The molecular weight excluding hydrogens is 248 g/mol. The van der Waals surface area contributed by atoms with Crippen LogP contribution in [0.5, 0.6) is 0 Å². The molecule has 4 heteroatoms. The van der Waals surface area contributed by atoms with Crippen LogP contribution in [0.3, 0.4) is 0 Å². The van der Waals surface area contributed by atoms with Crippen LogP contribution >= 0.6 is 0 Å². The minimum absolute atomic E-state index is 0.516. The van der Waals surface area contributed by atoms with Gasteiger partial charge >= 0.3 is 0 Å². The highest BCUT2D eigenvalue weighted by Crippen LogP contribution is 2.22. The molecule has 0 unspecified atom stereocenters. The molecule has 3 aromatic rings. The maximum Gasteiger partial charge on any atom is 0.123 e. The van der Waals surface area contributed by atoms with Gasteiger partial charge in [-0.25, -0.2) is 4.98 Å². The minimum atomic E-state index is 0.516. The number of pyridine rings is 1. The van der Waals surface area contributed by atoms with Gasteiger partial charge in [-0.1, -0.05) is 26.3 Å². The number of benzene rings is 1. The highest BCUT2D eigenvalue weighted by Gasteiger charge is 2.01. The molecule has 0 saturated carbocycles. The molecule has 1 aromatic carbocycles. The van der Waals surface area contributed by atoms with Crippen LogP contribution < -0.4 is 5.73 Å². The van der Waals surface area contributed by atoms with E-state index in [2.05, 4.69) is 28.8 Å². The van der Waals surface area contributed by atoms with Crippen LogP contribution in [0, 0.1) is 0 Å². The Morgan fingerprint density at radius 1 is 0.800 bits per heavy atom. The van der Waals surface area contributed by atoms with Gasteiger partial charge in [-0.05, 0) is 35.4 Å². The molecule has 0 aliphatic carbocycles. The Morgan fingerprint density at radius 3 is 2.15 bits per heavy atom. The molecule has 0 fully saturated rings. The molecule has 0 atom stereocenters. The van der Waals surface area contributed by atoms with E-state index in [0.717, 1.165) is 22.2 Å². The van der Waals surface area contributed by atoms with Crippen molar-refractivity contribution in [1.29, 1.82) is 0 Å². The zero-order valence-corrected chi connectivity index (χ0v) is 11.7. The maximum atomic E-state index is 5.67. The number of hydrogen-bond acceptors (Lipinski definition) is 4. The first-order valence-corrected chi connectivity index (χ1v) is 6.67. The predicted molar refractivity (Wildman–Crippen MR) is 83.1 cm³/mol. The molecule has 102 valence electrons. The van der Waals surface area contributed by atoms with Gasteiger partial charge in [-0.2, -0.15) is 0 Å². The fourth-order valence-electron chi connectivity index (χ4n) is 1.77. The van der Waals surface area contributed by atoms with Gasteiger partial charge in [0.15, 0.2) is 0 Å². The standard InChI is InChI=1S/C13H10N4.C3H8/c14-13-8-10(3-4-17-13)9-1-2-11-12(7-9)16-6-5-15-11;1-3-2/h1-8H,(H2,14,17);3H2,1-2H3. The summed E-state index contributed by atoms with van der Waals surface area (Å²) >= 11 is 0. The molecular formula is C16H18N4. The summed E-state index contributed by atoms with van der Waals surface area (Å²) in [7, 11) is 0. The van der Waals surface area contributed by atoms with Crippen LogP contribution in [0.15, 0.2) is 48.9 Å². The van der Waals surface area contributed by atoms with Crippen LogP contribution in [0.2, 0.25) is 0 Å². The van der Waals surface area contributed by atoms with E-state index in [0.29, 0.717) is 5.82 Å². The van der Waals surface area contributed by atoms with E-state index >= 15 is 0 Å². The lowest BCUT2D eigenvalue weighted by Gasteiger charge is -2.03. The molecule has 20 heavy (non-hydrogen) atoms. The van der Waals surface area contributed by atoms with Gasteiger partial charge in [-0.15, -0.1) is 0 Å². The van der Waals surface area contributed by atoms with E-state index in [1.54, 1.807) is 18.6 Å². The first-order chi connectivity index (χ1) is 9.74. The fourth-order valence-corrected chi connectivity index (χ4v) is 1.77. The predicted octanol–water partition coefficient (Wildman–Crippen LogP) is 3.69. The molecule has 2 heterocycles. The highest BCUT2D eigenvalue weighted by molar-refractivity contribution is 5.81. The molecule has 3 rings (SSSR count). The largest absolute Gasteiger partial charge is 0.384 e. The van der Waals surface area contributed by atoms with Gasteiger partial charge in [0.1, 0.15) is 5.82 Å². The lowest BCUT2D eigenvalue weighted by molar-refractivity contribution is 1.09. The number of hydrogen-bond donors (Lipinski definition) is 1. The Kier molecular flexibility index (Phi) is 4.60. The van der Waals surface area contributed by atoms with Crippen LogP contribution in [-0.4, -0.2) is 15.0 Å². The Balaban J connectivity index is 0.000000452. The van der Waals surface area contributed by atoms with Crippen molar-refractivity contribution in [2.45, 2.75) is 20.3 Å². The van der Waals surface area contributed by atoms with Gasteiger partial charge in [0.2, 0.25) is 0 Å². The molecule has 2 aromatic heterocycles. The zero-order chi connectivity index (χ0) is 14.4. The first kappa shape index (κ1) is 13.9. The average Bonchev–Trinajstić information content (AvgIpc) is 2.47. The summed E-state index contributed by atoms with van der Waals surface area (Å²) in [5.41, 5.74) is 9.53. The van der Waals surface area contributed by atoms with E-state index in [1.807, 2.05) is 30.3 Å². The third-order valence-corrected chi connectivity index (χ3v) is 2.58. The number of aromatic nitrogens is 3.